The highest BCUT2D eigenvalue weighted by Crippen LogP contribution is 2.28. The normalized spacial score (nSPS) is 12.1. The first kappa shape index (κ1) is 14.4. The van der Waals surface area contributed by atoms with Crippen LogP contribution in [0.4, 0.5) is 0 Å². The summed E-state index contributed by atoms with van der Waals surface area (Å²) in [5.74, 6) is -0.898. The molecule has 2 rings (SSSR count). The van der Waals surface area contributed by atoms with Gasteiger partial charge in [0.1, 0.15) is 5.75 Å². The number of hydrogen-bond acceptors (Lipinski definition) is 3. The number of nitrogens with one attached hydrogen (secondary N) is 1. The van der Waals surface area contributed by atoms with Crippen molar-refractivity contribution >= 4 is 16.7 Å². The Kier molecular flexibility index (Phi) is 5.03. The van der Waals surface area contributed by atoms with Gasteiger partial charge in [-0.1, -0.05) is 60.7 Å². The molecule has 0 saturated heterocycles. The van der Waals surface area contributed by atoms with Gasteiger partial charge in [0.25, 0.3) is 5.91 Å². The second kappa shape index (κ2) is 6.98. The van der Waals surface area contributed by atoms with Crippen LogP contribution in [-0.4, -0.2) is 21.1 Å². The first-order valence-corrected chi connectivity index (χ1v) is 7.50. The van der Waals surface area contributed by atoms with E-state index in [0.29, 0.717) is 0 Å². The molecule has 0 aliphatic carbocycles. The van der Waals surface area contributed by atoms with E-state index >= 15 is 0 Å². The zero-order valence-electron chi connectivity index (χ0n) is 10.7. The highest BCUT2D eigenvalue weighted by Gasteiger charge is 2.22. The molecular formula is C15H15NO3S. The number of rotatable bonds is 5. The summed E-state index contributed by atoms with van der Waals surface area (Å²) in [6.45, 7) is 0. The van der Waals surface area contributed by atoms with Crippen molar-refractivity contribution in [2.24, 2.45) is 0 Å². The molecule has 2 N–H and O–H groups in total. The number of amides is 1. The summed E-state index contributed by atoms with van der Waals surface area (Å²) < 4.78 is 12.5. The molecule has 1 atom stereocenters. The Morgan fingerprint density at radius 2 is 1.45 bits per heavy atom. The van der Waals surface area contributed by atoms with Crippen LogP contribution in [0.25, 0.3) is 0 Å². The van der Waals surface area contributed by atoms with E-state index in [9.17, 15) is 9.00 Å². The number of benzene rings is 2. The van der Waals surface area contributed by atoms with Gasteiger partial charge in [0.2, 0.25) is 0 Å². The van der Waals surface area contributed by atoms with Gasteiger partial charge in [-0.2, -0.15) is 0 Å². The van der Waals surface area contributed by atoms with Crippen molar-refractivity contribution in [2.45, 2.75) is 5.25 Å². The number of hydroxylamine groups is 1. The van der Waals surface area contributed by atoms with Crippen molar-refractivity contribution < 1.29 is 14.2 Å². The lowest BCUT2D eigenvalue weighted by atomic mass is 10.0. The fourth-order valence-corrected chi connectivity index (χ4v) is 3.41. The van der Waals surface area contributed by atoms with Crippen molar-refractivity contribution in [3.63, 3.8) is 0 Å². The third-order valence-electron chi connectivity index (χ3n) is 2.87. The van der Waals surface area contributed by atoms with Crippen molar-refractivity contribution in [1.82, 2.24) is 5.48 Å². The lowest BCUT2D eigenvalue weighted by Gasteiger charge is -2.17. The highest BCUT2D eigenvalue weighted by molar-refractivity contribution is 7.86. The number of carbonyl (C=O) groups is 1. The average molecular weight is 289 g/mol. The molecule has 0 fully saturated rings. The molecule has 0 bridgehead atoms. The molecule has 0 aromatic heterocycles. The summed E-state index contributed by atoms with van der Waals surface area (Å²) in [6.07, 6.45) is 0. The van der Waals surface area contributed by atoms with E-state index < -0.39 is 22.0 Å². The zero-order chi connectivity index (χ0) is 14.4. The fourth-order valence-electron chi connectivity index (χ4n) is 2.00. The van der Waals surface area contributed by atoms with Gasteiger partial charge in [-0.3, -0.25) is 14.2 Å². The minimum absolute atomic E-state index is 0.245. The van der Waals surface area contributed by atoms with Crippen LogP contribution in [-0.2, 0) is 15.6 Å². The molecule has 1 unspecified atom stereocenters. The zero-order valence-corrected chi connectivity index (χ0v) is 11.5. The molecule has 1 amide bonds. The molecule has 104 valence electrons. The molecule has 20 heavy (non-hydrogen) atoms. The molecule has 0 aliphatic heterocycles. The fraction of sp³-hybridized carbons (Fsp3) is 0.133. The molecule has 5 heteroatoms. The molecule has 0 spiro atoms. The topological polar surface area (TPSA) is 66.4 Å². The maximum Gasteiger partial charge on any atom is 0.255 e. The van der Waals surface area contributed by atoms with Crippen LogP contribution < -0.4 is 5.48 Å². The first-order chi connectivity index (χ1) is 9.72. The Balaban J connectivity index is 2.35. The van der Waals surface area contributed by atoms with Crippen molar-refractivity contribution in [1.29, 1.82) is 0 Å². The van der Waals surface area contributed by atoms with Crippen molar-refractivity contribution in [2.75, 3.05) is 5.75 Å². The molecule has 0 radical (unpaired) electrons. The molecule has 0 saturated carbocycles. The van der Waals surface area contributed by atoms with Gasteiger partial charge >= 0.3 is 0 Å². The van der Waals surface area contributed by atoms with Gasteiger partial charge in [-0.25, -0.2) is 5.48 Å². The summed E-state index contributed by atoms with van der Waals surface area (Å²) >= 11 is 0. The molecular weight excluding hydrogens is 274 g/mol. The van der Waals surface area contributed by atoms with Crippen LogP contribution in [0.5, 0.6) is 0 Å². The standard InChI is InChI=1S/C15H15NO3S/c17-14(16-18)11-20(19)15(12-7-3-1-4-8-12)13-9-5-2-6-10-13/h1-10,15,18H,11H2,(H,16,17). The van der Waals surface area contributed by atoms with Gasteiger partial charge in [-0.05, 0) is 11.1 Å². The van der Waals surface area contributed by atoms with E-state index in [1.54, 1.807) is 0 Å². The minimum atomic E-state index is -1.46. The van der Waals surface area contributed by atoms with Gasteiger partial charge in [0.15, 0.2) is 0 Å². The second-order valence-electron chi connectivity index (χ2n) is 4.26. The quantitative estimate of drug-likeness (QED) is 0.654. The Labute approximate surface area is 119 Å². The maximum absolute atomic E-state index is 12.5. The Bertz CT molecular complexity index is 547. The Morgan fingerprint density at radius 3 is 1.85 bits per heavy atom. The predicted molar refractivity (Wildman–Crippen MR) is 77.7 cm³/mol. The number of hydrogen-bond donors (Lipinski definition) is 2. The Hall–Kier alpha value is -1.98. The monoisotopic (exact) mass is 289 g/mol. The lowest BCUT2D eigenvalue weighted by Crippen LogP contribution is -2.27. The van der Waals surface area contributed by atoms with Crippen LogP contribution in [0.2, 0.25) is 0 Å². The summed E-state index contributed by atoms with van der Waals surface area (Å²) in [6, 6.07) is 18.8. The lowest BCUT2D eigenvalue weighted by molar-refractivity contribution is -0.126. The molecule has 4 nitrogen and oxygen atoms in total. The van der Waals surface area contributed by atoms with Gasteiger partial charge in [0, 0.05) is 10.8 Å². The summed E-state index contributed by atoms with van der Waals surface area (Å²) in [4.78, 5) is 11.2. The third kappa shape index (κ3) is 3.53. The maximum atomic E-state index is 12.5. The SMILES string of the molecule is O=C(CS(=O)C(c1ccccc1)c1ccccc1)NO. The first-order valence-electron chi connectivity index (χ1n) is 6.12. The van der Waals surface area contributed by atoms with Crippen LogP contribution in [0.3, 0.4) is 0 Å². The van der Waals surface area contributed by atoms with E-state index in [1.807, 2.05) is 60.7 Å². The molecule has 2 aromatic carbocycles. The van der Waals surface area contributed by atoms with Gasteiger partial charge in [0.05, 0.1) is 5.25 Å². The van der Waals surface area contributed by atoms with Crippen molar-refractivity contribution in [3.8, 4) is 0 Å². The van der Waals surface area contributed by atoms with E-state index in [-0.39, 0.29) is 5.75 Å². The summed E-state index contributed by atoms with van der Waals surface area (Å²) in [7, 11) is -1.46. The minimum Gasteiger partial charge on any atom is -0.289 e. The second-order valence-corrected chi connectivity index (χ2v) is 5.78. The van der Waals surface area contributed by atoms with Gasteiger partial charge < -0.3 is 0 Å². The summed E-state index contributed by atoms with van der Waals surface area (Å²) in [5.41, 5.74) is 3.28. The highest BCUT2D eigenvalue weighted by atomic mass is 32.2. The van der Waals surface area contributed by atoms with E-state index in [1.165, 1.54) is 5.48 Å². The van der Waals surface area contributed by atoms with Crippen molar-refractivity contribution in [3.05, 3.63) is 71.8 Å². The molecule has 0 aliphatic rings. The van der Waals surface area contributed by atoms with Crippen LogP contribution >= 0.6 is 0 Å². The number of carbonyl (C=O) groups excluding carboxylic acids is 1. The summed E-state index contributed by atoms with van der Waals surface area (Å²) in [5, 5.41) is 8.18. The van der Waals surface area contributed by atoms with Gasteiger partial charge in [-0.15, -0.1) is 0 Å². The van der Waals surface area contributed by atoms with Crippen LogP contribution in [0, 0.1) is 0 Å². The molecule has 2 aromatic rings. The third-order valence-corrected chi connectivity index (χ3v) is 4.48. The largest absolute Gasteiger partial charge is 0.289 e. The van der Waals surface area contributed by atoms with Crippen LogP contribution in [0.1, 0.15) is 16.4 Å². The van der Waals surface area contributed by atoms with E-state index in [2.05, 4.69) is 0 Å². The average Bonchev–Trinajstić information content (AvgIpc) is 2.49. The van der Waals surface area contributed by atoms with E-state index in [4.69, 9.17) is 5.21 Å². The van der Waals surface area contributed by atoms with Crippen LogP contribution in [0.15, 0.2) is 60.7 Å². The van der Waals surface area contributed by atoms with E-state index in [0.717, 1.165) is 11.1 Å². The smallest absolute Gasteiger partial charge is 0.255 e. The predicted octanol–water partition coefficient (Wildman–Crippen LogP) is 2.03. The Morgan fingerprint density at radius 1 is 1.00 bits per heavy atom. The molecule has 0 heterocycles.